The van der Waals surface area contributed by atoms with Crippen molar-refractivity contribution in [2.45, 2.75) is 40.0 Å². The first-order chi connectivity index (χ1) is 11.3. The number of hydrogen-bond donors (Lipinski definition) is 0. The topological polar surface area (TPSA) is 38.7 Å². The molecule has 0 N–H and O–H groups in total. The Kier molecular flexibility index (Phi) is 4.18. The number of benzene rings is 2. The average Bonchev–Trinajstić information content (AvgIpc) is 2.53. The SMILES string of the molecule is Cc1cccc(-c2nc(-c3cccc(C)c3)nc(C(C)(C)C)n2)c1. The third-order valence-electron chi connectivity index (χ3n) is 3.86. The summed E-state index contributed by atoms with van der Waals surface area (Å²) in [6.07, 6.45) is 0. The fourth-order valence-corrected chi connectivity index (χ4v) is 2.54. The first kappa shape index (κ1) is 16.3. The van der Waals surface area contributed by atoms with E-state index in [1.165, 1.54) is 11.1 Å². The van der Waals surface area contributed by atoms with Gasteiger partial charge in [0.1, 0.15) is 5.82 Å². The maximum Gasteiger partial charge on any atom is 0.163 e. The summed E-state index contributed by atoms with van der Waals surface area (Å²) in [5, 5.41) is 0. The zero-order valence-corrected chi connectivity index (χ0v) is 15.0. The molecule has 0 saturated carbocycles. The van der Waals surface area contributed by atoms with Gasteiger partial charge in [0.05, 0.1) is 0 Å². The van der Waals surface area contributed by atoms with Crippen LogP contribution in [-0.2, 0) is 5.41 Å². The van der Waals surface area contributed by atoms with Gasteiger partial charge < -0.3 is 0 Å². The van der Waals surface area contributed by atoms with Crippen LogP contribution in [0.3, 0.4) is 0 Å². The normalized spacial score (nSPS) is 11.5. The lowest BCUT2D eigenvalue weighted by Gasteiger charge is -2.18. The highest BCUT2D eigenvalue weighted by molar-refractivity contribution is 5.62. The second-order valence-electron chi connectivity index (χ2n) is 7.30. The van der Waals surface area contributed by atoms with Gasteiger partial charge in [0.15, 0.2) is 11.6 Å². The van der Waals surface area contributed by atoms with Crippen molar-refractivity contribution in [1.82, 2.24) is 15.0 Å². The molecule has 3 aromatic rings. The molecule has 0 aliphatic rings. The van der Waals surface area contributed by atoms with Gasteiger partial charge in [-0.2, -0.15) is 0 Å². The quantitative estimate of drug-likeness (QED) is 0.658. The maximum absolute atomic E-state index is 4.75. The summed E-state index contributed by atoms with van der Waals surface area (Å²) in [7, 11) is 0. The van der Waals surface area contributed by atoms with E-state index in [9.17, 15) is 0 Å². The van der Waals surface area contributed by atoms with Crippen molar-refractivity contribution in [2.75, 3.05) is 0 Å². The van der Waals surface area contributed by atoms with E-state index in [4.69, 9.17) is 15.0 Å². The van der Waals surface area contributed by atoms with Crippen LogP contribution in [0.15, 0.2) is 48.5 Å². The Morgan fingerprint density at radius 3 is 1.50 bits per heavy atom. The fraction of sp³-hybridized carbons (Fsp3) is 0.286. The van der Waals surface area contributed by atoms with Gasteiger partial charge in [-0.05, 0) is 26.0 Å². The molecule has 1 aromatic heterocycles. The van der Waals surface area contributed by atoms with Crippen LogP contribution in [0, 0.1) is 13.8 Å². The Morgan fingerprint density at radius 2 is 1.12 bits per heavy atom. The van der Waals surface area contributed by atoms with E-state index in [1.54, 1.807) is 0 Å². The molecule has 0 atom stereocenters. The van der Waals surface area contributed by atoms with Crippen LogP contribution in [0.2, 0.25) is 0 Å². The molecule has 3 heteroatoms. The van der Waals surface area contributed by atoms with E-state index in [0.717, 1.165) is 28.6 Å². The van der Waals surface area contributed by atoms with E-state index >= 15 is 0 Å². The molecule has 0 saturated heterocycles. The van der Waals surface area contributed by atoms with Crippen LogP contribution in [0.25, 0.3) is 22.8 Å². The molecule has 0 bridgehead atoms. The molecule has 2 aromatic carbocycles. The van der Waals surface area contributed by atoms with Gasteiger partial charge in [0.25, 0.3) is 0 Å². The second kappa shape index (κ2) is 6.16. The standard InChI is InChI=1S/C21H23N3/c1-14-8-6-10-16(12-14)18-22-19(17-11-7-9-15(2)13-17)24-20(23-18)21(3,4)5/h6-13H,1-5H3. The monoisotopic (exact) mass is 317 g/mol. The van der Waals surface area contributed by atoms with Gasteiger partial charge in [-0.15, -0.1) is 0 Å². The maximum atomic E-state index is 4.75. The Balaban J connectivity index is 2.21. The Labute approximate surface area is 143 Å². The molecule has 0 aliphatic carbocycles. The lowest BCUT2D eigenvalue weighted by atomic mass is 9.95. The van der Waals surface area contributed by atoms with Gasteiger partial charge in [-0.3, -0.25) is 0 Å². The highest BCUT2D eigenvalue weighted by Gasteiger charge is 2.21. The molecular formula is C21H23N3. The van der Waals surface area contributed by atoms with Crippen LogP contribution in [0.5, 0.6) is 0 Å². The molecule has 122 valence electrons. The molecule has 1 heterocycles. The minimum Gasteiger partial charge on any atom is -0.212 e. The summed E-state index contributed by atoms with van der Waals surface area (Å²) in [6.45, 7) is 10.5. The molecule has 0 fully saturated rings. The van der Waals surface area contributed by atoms with Gasteiger partial charge >= 0.3 is 0 Å². The van der Waals surface area contributed by atoms with Crippen molar-refractivity contribution in [2.24, 2.45) is 0 Å². The minimum absolute atomic E-state index is 0.139. The van der Waals surface area contributed by atoms with Crippen molar-refractivity contribution in [3.05, 3.63) is 65.5 Å². The molecule has 0 radical (unpaired) electrons. The third-order valence-corrected chi connectivity index (χ3v) is 3.86. The van der Waals surface area contributed by atoms with Crippen molar-refractivity contribution < 1.29 is 0 Å². The van der Waals surface area contributed by atoms with Crippen LogP contribution < -0.4 is 0 Å². The predicted octanol–water partition coefficient (Wildman–Crippen LogP) is 5.12. The number of aryl methyl sites for hydroxylation is 2. The Morgan fingerprint density at radius 1 is 0.667 bits per heavy atom. The van der Waals surface area contributed by atoms with Crippen molar-refractivity contribution >= 4 is 0 Å². The van der Waals surface area contributed by atoms with Crippen LogP contribution in [-0.4, -0.2) is 15.0 Å². The van der Waals surface area contributed by atoms with Crippen molar-refractivity contribution in [1.29, 1.82) is 0 Å². The van der Waals surface area contributed by atoms with Gasteiger partial charge in [0, 0.05) is 16.5 Å². The molecule has 0 unspecified atom stereocenters. The summed E-state index contributed by atoms with van der Waals surface area (Å²) in [4.78, 5) is 14.2. The summed E-state index contributed by atoms with van der Waals surface area (Å²) in [5.41, 5.74) is 4.30. The first-order valence-corrected chi connectivity index (χ1v) is 8.23. The zero-order chi connectivity index (χ0) is 17.3. The molecule has 0 spiro atoms. The largest absolute Gasteiger partial charge is 0.212 e. The van der Waals surface area contributed by atoms with E-state index < -0.39 is 0 Å². The number of aromatic nitrogens is 3. The van der Waals surface area contributed by atoms with E-state index in [-0.39, 0.29) is 5.41 Å². The van der Waals surface area contributed by atoms with Crippen LogP contribution in [0.1, 0.15) is 37.7 Å². The van der Waals surface area contributed by atoms with Gasteiger partial charge in [0.2, 0.25) is 0 Å². The van der Waals surface area contributed by atoms with Crippen LogP contribution in [0.4, 0.5) is 0 Å². The van der Waals surface area contributed by atoms with Crippen molar-refractivity contribution in [3.8, 4) is 22.8 Å². The summed E-state index contributed by atoms with van der Waals surface area (Å²) >= 11 is 0. The third kappa shape index (κ3) is 3.51. The highest BCUT2D eigenvalue weighted by atomic mass is 15.0. The van der Waals surface area contributed by atoms with E-state index in [0.29, 0.717) is 0 Å². The van der Waals surface area contributed by atoms with Gasteiger partial charge in [-0.1, -0.05) is 68.3 Å². The van der Waals surface area contributed by atoms with E-state index in [2.05, 4.69) is 71.0 Å². The fourth-order valence-electron chi connectivity index (χ4n) is 2.54. The number of nitrogens with zero attached hydrogens (tertiary/aromatic N) is 3. The summed E-state index contributed by atoms with van der Waals surface area (Å²) in [6, 6.07) is 16.6. The average molecular weight is 317 g/mol. The lowest BCUT2D eigenvalue weighted by Crippen LogP contribution is -2.18. The molecule has 24 heavy (non-hydrogen) atoms. The number of hydrogen-bond acceptors (Lipinski definition) is 3. The molecule has 3 nitrogen and oxygen atoms in total. The Bertz CT molecular complexity index is 812. The highest BCUT2D eigenvalue weighted by Crippen LogP contribution is 2.26. The minimum atomic E-state index is -0.139. The lowest BCUT2D eigenvalue weighted by molar-refractivity contribution is 0.543. The smallest absolute Gasteiger partial charge is 0.163 e. The van der Waals surface area contributed by atoms with Gasteiger partial charge in [-0.25, -0.2) is 15.0 Å². The molecular weight excluding hydrogens is 294 g/mol. The molecule has 3 rings (SSSR count). The first-order valence-electron chi connectivity index (χ1n) is 8.23. The van der Waals surface area contributed by atoms with Crippen molar-refractivity contribution in [3.63, 3.8) is 0 Å². The van der Waals surface area contributed by atoms with E-state index in [1.807, 2.05) is 12.1 Å². The molecule has 0 aliphatic heterocycles. The second-order valence-corrected chi connectivity index (χ2v) is 7.30. The predicted molar refractivity (Wildman–Crippen MR) is 98.9 cm³/mol. The molecule has 0 amide bonds. The summed E-state index contributed by atoms with van der Waals surface area (Å²) < 4.78 is 0. The number of rotatable bonds is 2. The Hall–Kier alpha value is -2.55. The summed E-state index contributed by atoms with van der Waals surface area (Å²) in [5.74, 6) is 2.27. The zero-order valence-electron chi connectivity index (χ0n) is 15.0. The van der Waals surface area contributed by atoms with Crippen LogP contribution >= 0.6 is 0 Å².